The van der Waals surface area contributed by atoms with Gasteiger partial charge in [0.05, 0.1) is 12.3 Å². The third kappa shape index (κ3) is 11.9. The molecule has 0 amide bonds. The van der Waals surface area contributed by atoms with Crippen LogP contribution in [0.25, 0.3) is 0 Å². The Labute approximate surface area is 294 Å². The molecular weight excluding hydrogens is 709 g/mol. The maximum atomic E-state index is 13.2. The van der Waals surface area contributed by atoms with Crippen molar-refractivity contribution in [3.63, 3.8) is 0 Å². The van der Waals surface area contributed by atoms with Gasteiger partial charge < -0.3 is 24.2 Å². The van der Waals surface area contributed by atoms with Crippen molar-refractivity contribution in [1.82, 2.24) is 0 Å². The highest BCUT2D eigenvalue weighted by Crippen LogP contribution is 2.38. The third-order valence-electron chi connectivity index (χ3n) is 7.20. The van der Waals surface area contributed by atoms with E-state index < -0.39 is 47.7 Å². The predicted molar refractivity (Wildman–Crippen MR) is 178 cm³/mol. The van der Waals surface area contributed by atoms with Crippen LogP contribution in [0.4, 0.5) is 14.5 Å². The first-order valence-corrected chi connectivity index (χ1v) is 17.2. The minimum atomic E-state index is -3.15. The molecule has 266 valence electrons. The summed E-state index contributed by atoms with van der Waals surface area (Å²) in [7, 11) is -3.15. The van der Waals surface area contributed by atoms with Gasteiger partial charge in [0.1, 0.15) is 28.3 Å². The Morgan fingerprint density at radius 1 is 1.02 bits per heavy atom. The Hall–Kier alpha value is -3.88. The zero-order valence-electron chi connectivity index (χ0n) is 26.9. The Balaban J connectivity index is 1.50. The quantitative estimate of drug-likeness (QED) is 0.0793. The summed E-state index contributed by atoms with van der Waals surface area (Å²) in [6, 6.07) is 10.5. The molecule has 0 radical (unpaired) electrons. The summed E-state index contributed by atoms with van der Waals surface area (Å²) in [5.41, 5.74) is 0.835. The number of nitrogens with zero attached hydrogens (tertiary/aromatic N) is 2. The molecule has 1 aliphatic carbocycles. The Morgan fingerprint density at radius 3 is 2.24 bits per heavy atom. The smallest absolute Gasteiger partial charge is 0.387 e. The number of carbonyl (C=O) groups is 2. The summed E-state index contributed by atoms with van der Waals surface area (Å²) in [6.45, 7) is 1.73. The van der Waals surface area contributed by atoms with E-state index in [1.54, 1.807) is 32.9 Å². The van der Waals surface area contributed by atoms with Crippen LogP contribution in [0.15, 0.2) is 54.9 Å². The first-order chi connectivity index (χ1) is 23.1. The fourth-order valence-electron chi connectivity index (χ4n) is 4.70. The van der Waals surface area contributed by atoms with Crippen molar-refractivity contribution in [2.24, 2.45) is 5.92 Å². The number of aromatic nitrogens is 1. The molecule has 1 heterocycles. The zero-order valence-corrected chi connectivity index (χ0v) is 29.3. The number of esters is 2. The van der Waals surface area contributed by atoms with Crippen molar-refractivity contribution in [2.45, 2.75) is 71.2 Å². The number of ether oxygens (including phenoxy) is 4. The molecule has 0 N–H and O–H groups in total. The van der Waals surface area contributed by atoms with Crippen LogP contribution >= 0.6 is 23.2 Å². The van der Waals surface area contributed by atoms with E-state index in [0.29, 0.717) is 33.9 Å². The number of pyridine rings is 1. The van der Waals surface area contributed by atoms with Gasteiger partial charge in [-0.2, -0.15) is 13.5 Å². The summed E-state index contributed by atoms with van der Waals surface area (Å²) in [6.07, 6.45) is 3.16. The molecule has 1 saturated carbocycles. The number of hydrogen-bond acceptors (Lipinski definition) is 9. The highest BCUT2D eigenvalue weighted by Gasteiger charge is 2.27. The van der Waals surface area contributed by atoms with Gasteiger partial charge >= 0.3 is 18.6 Å². The highest BCUT2D eigenvalue weighted by molar-refractivity contribution is 7.74. The number of rotatable bonds is 16. The van der Waals surface area contributed by atoms with Gasteiger partial charge in [-0.05, 0) is 81.3 Å². The number of aryl methyl sites for hydroxylation is 1. The molecule has 1 unspecified atom stereocenters. The minimum Gasteiger partial charge on any atom is -0.619 e. The monoisotopic (exact) mass is 744 g/mol. The van der Waals surface area contributed by atoms with Gasteiger partial charge in [-0.3, -0.25) is 13.9 Å². The normalized spacial score (nSPS) is 13.7. The van der Waals surface area contributed by atoms with E-state index in [1.807, 2.05) is 0 Å². The summed E-state index contributed by atoms with van der Waals surface area (Å²) in [4.78, 5) is 25.4. The van der Waals surface area contributed by atoms with Crippen LogP contribution in [0.1, 0.15) is 62.8 Å². The number of halogens is 4. The van der Waals surface area contributed by atoms with Crippen molar-refractivity contribution in [3.05, 3.63) is 86.8 Å². The largest absolute Gasteiger partial charge is 0.619 e. The second-order valence-corrected chi connectivity index (χ2v) is 14.1. The first kappa shape index (κ1) is 37.9. The van der Waals surface area contributed by atoms with E-state index in [2.05, 4.69) is 4.74 Å². The minimum absolute atomic E-state index is 0.0343. The van der Waals surface area contributed by atoms with E-state index >= 15 is 0 Å². The van der Waals surface area contributed by atoms with Crippen molar-refractivity contribution in [3.8, 4) is 11.5 Å². The average molecular weight is 746 g/mol. The molecule has 1 aliphatic rings. The number of carbonyl (C=O) groups excluding carboxylic acids is 2. The van der Waals surface area contributed by atoms with Crippen LogP contribution in [0.2, 0.25) is 10.0 Å². The molecule has 0 bridgehead atoms. The standard InChI is InChI=1S/C33H36Cl2F2N2O9S/c1-33(2,3)48-31(41)18-39(49(43)44)23-10-6-20(7-11-23)8-13-30(40)46-28(15-24-25(34)16-38(42)17-26(24)35)22-9-12-27(47-32(36)37)29(14-22)45-19-21-4-5-21/h6-7,9-12,14,16-17,21,28,32,49H,4-5,8,13,15,18-19H2,1-3H3. The number of anilines is 1. The number of benzene rings is 2. The van der Waals surface area contributed by atoms with Crippen molar-refractivity contribution in [1.29, 1.82) is 0 Å². The van der Waals surface area contributed by atoms with E-state index in [0.717, 1.165) is 29.5 Å². The lowest BCUT2D eigenvalue weighted by Crippen LogP contribution is -2.34. The second-order valence-electron chi connectivity index (χ2n) is 12.4. The SMILES string of the molecule is CC(C)(C)OC(=O)CN(c1ccc(CCC(=O)OC(Cc2c(Cl)c[n+]([O-])cc2Cl)c2ccc(OC(F)F)c(OCC3CC3)c2)cc1)[SH](=O)=O. The molecule has 2 aromatic carbocycles. The van der Waals surface area contributed by atoms with Crippen LogP contribution in [-0.2, 0) is 42.8 Å². The summed E-state index contributed by atoms with van der Waals surface area (Å²) in [5, 5.41) is 11.9. The maximum absolute atomic E-state index is 13.2. The van der Waals surface area contributed by atoms with E-state index in [1.165, 1.54) is 30.3 Å². The van der Waals surface area contributed by atoms with Crippen molar-refractivity contribution >= 4 is 51.7 Å². The van der Waals surface area contributed by atoms with E-state index in [4.69, 9.17) is 37.4 Å². The Kier molecular flexibility index (Phi) is 12.9. The molecular formula is C33H36Cl2F2N2O9S. The average Bonchev–Trinajstić information content (AvgIpc) is 3.83. The van der Waals surface area contributed by atoms with E-state index in [9.17, 15) is 32.0 Å². The van der Waals surface area contributed by atoms with Gasteiger partial charge in [-0.1, -0.05) is 41.4 Å². The van der Waals surface area contributed by atoms with E-state index in [-0.39, 0.29) is 46.5 Å². The third-order valence-corrected chi connectivity index (χ3v) is 8.61. The molecule has 1 fully saturated rings. The lowest BCUT2D eigenvalue weighted by atomic mass is 10.0. The Bertz CT molecular complexity index is 1680. The first-order valence-electron chi connectivity index (χ1n) is 15.3. The molecule has 0 aliphatic heterocycles. The topological polar surface area (TPSA) is 135 Å². The molecule has 3 aromatic rings. The van der Waals surface area contributed by atoms with Crippen LogP contribution in [-0.4, -0.2) is 45.7 Å². The molecule has 1 aromatic heterocycles. The zero-order chi connectivity index (χ0) is 35.9. The summed E-state index contributed by atoms with van der Waals surface area (Å²) < 4.78 is 72.9. The summed E-state index contributed by atoms with van der Waals surface area (Å²) >= 11 is 12.6. The lowest BCUT2D eigenvalue weighted by Gasteiger charge is -2.23. The van der Waals surface area contributed by atoms with Gasteiger partial charge in [-0.25, -0.2) is 8.42 Å². The predicted octanol–water partition coefficient (Wildman–Crippen LogP) is 6.15. The second kappa shape index (κ2) is 16.7. The van der Waals surface area contributed by atoms with Gasteiger partial charge in [0.15, 0.2) is 23.9 Å². The molecule has 0 spiro atoms. The fraction of sp³-hybridized carbons (Fsp3) is 0.424. The molecule has 49 heavy (non-hydrogen) atoms. The fourth-order valence-corrected chi connectivity index (χ4v) is 5.85. The maximum Gasteiger partial charge on any atom is 0.387 e. The van der Waals surface area contributed by atoms with Crippen molar-refractivity contribution in [2.75, 3.05) is 17.5 Å². The number of thiol groups is 1. The van der Waals surface area contributed by atoms with Gasteiger partial charge in [0.25, 0.3) is 0 Å². The Morgan fingerprint density at radius 2 is 1.67 bits per heavy atom. The van der Waals surface area contributed by atoms with Gasteiger partial charge in [-0.15, -0.1) is 0 Å². The highest BCUT2D eigenvalue weighted by atomic mass is 35.5. The molecule has 16 heteroatoms. The van der Waals surface area contributed by atoms with Crippen LogP contribution in [0, 0.1) is 11.1 Å². The van der Waals surface area contributed by atoms with Crippen molar-refractivity contribution < 1.29 is 50.5 Å². The lowest BCUT2D eigenvalue weighted by molar-refractivity contribution is -0.605. The number of hydrogen-bond donors (Lipinski definition) is 1. The van der Waals surface area contributed by atoms with Crippen LogP contribution in [0.5, 0.6) is 11.5 Å². The number of alkyl halides is 2. The van der Waals surface area contributed by atoms with Crippen LogP contribution < -0.4 is 18.5 Å². The molecule has 0 saturated heterocycles. The molecule has 1 atom stereocenters. The molecule has 4 rings (SSSR count). The molecule has 11 nitrogen and oxygen atoms in total. The summed E-state index contributed by atoms with van der Waals surface area (Å²) in [5.74, 6) is -1.16. The van der Waals surface area contributed by atoms with Gasteiger partial charge in [0, 0.05) is 18.4 Å². The van der Waals surface area contributed by atoms with Gasteiger partial charge in [0.2, 0.25) is 10.9 Å². The van der Waals surface area contributed by atoms with Crippen LogP contribution in [0.3, 0.4) is 0 Å².